The topological polar surface area (TPSA) is 103 Å². The minimum atomic E-state index is -0.575. The molecule has 0 spiro atoms. The van der Waals surface area contributed by atoms with Crippen LogP contribution in [0.5, 0.6) is 5.75 Å². The Morgan fingerprint density at radius 3 is 2.83 bits per heavy atom. The number of nitrogens with zero attached hydrogens (tertiary/aromatic N) is 3. The van der Waals surface area contributed by atoms with Crippen molar-refractivity contribution in [1.29, 1.82) is 5.26 Å². The van der Waals surface area contributed by atoms with Gasteiger partial charge in [0.25, 0.3) is 5.56 Å². The monoisotopic (exact) mass is 405 g/mol. The van der Waals surface area contributed by atoms with Crippen molar-refractivity contribution in [2.24, 2.45) is 5.10 Å². The third kappa shape index (κ3) is 5.08. The summed E-state index contributed by atoms with van der Waals surface area (Å²) < 4.78 is 19.2. The molecule has 1 aromatic heterocycles. The molecule has 0 saturated heterocycles. The largest absolute Gasteiger partial charge is 0.493 e. The summed E-state index contributed by atoms with van der Waals surface area (Å²) in [5.74, 6) is 0.0436. The number of nitriles is 1. The van der Waals surface area contributed by atoms with Gasteiger partial charge in [0.05, 0.1) is 18.5 Å². The lowest BCUT2D eigenvalue weighted by Gasteiger charge is -2.09. The molecule has 0 aliphatic rings. The molecule has 0 saturated carbocycles. The number of benzene rings is 2. The van der Waals surface area contributed by atoms with Crippen LogP contribution in [0, 0.1) is 17.1 Å². The van der Waals surface area contributed by atoms with E-state index >= 15 is 0 Å². The van der Waals surface area contributed by atoms with E-state index in [1.165, 1.54) is 18.3 Å². The van der Waals surface area contributed by atoms with Crippen molar-refractivity contribution >= 4 is 12.2 Å². The zero-order valence-electron chi connectivity index (χ0n) is 16.4. The van der Waals surface area contributed by atoms with Crippen LogP contribution in [0.15, 0.2) is 58.4 Å². The highest BCUT2D eigenvalue weighted by atomic mass is 19.1. The van der Waals surface area contributed by atoms with Crippen LogP contribution in [-0.4, -0.2) is 22.8 Å². The molecule has 0 bridgehead atoms. The van der Waals surface area contributed by atoms with Crippen LogP contribution in [0.4, 0.5) is 10.3 Å². The normalized spacial score (nSPS) is 10.7. The number of hydrazone groups is 1. The number of H-pyrrole nitrogens is 1. The van der Waals surface area contributed by atoms with Gasteiger partial charge >= 0.3 is 0 Å². The predicted molar refractivity (Wildman–Crippen MR) is 113 cm³/mol. The van der Waals surface area contributed by atoms with Gasteiger partial charge < -0.3 is 4.74 Å². The van der Waals surface area contributed by atoms with E-state index in [0.29, 0.717) is 23.5 Å². The maximum absolute atomic E-state index is 13.5. The SMILES string of the molecule is CCCCOc1cc(F)ccc1C=NNc1nc(-c2ccccc2)c(C#N)c(=O)[nH]1. The van der Waals surface area contributed by atoms with E-state index in [1.807, 2.05) is 19.1 Å². The van der Waals surface area contributed by atoms with Crippen molar-refractivity contribution in [3.8, 4) is 23.1 Å². The second kappa shape index (κ2) is 9.98. The summed E-state index contributed by atoms with van der Waals surface area (Å²) in [4.78, 5) is 19.1. The van der Waals surface area contributed by atoms with Crippen molar-refractivity contribution in [1.82, 2.24) is 9.97 Å². The van der Waals surface area contributed by atoms with Crippen LogP contribution in [0.1, 0.15) is 30.9 Å². The fraction of sp³-hybridized carbons (Fsp3) is 0.182. The molecule has 30 heavy (non-hydrogen) atoms. The zero-order chi connectivity index (χ0) is 21.3. The summed E-state index contributed by atoms with van der Waals surface area (Å²) in [5.41, 5.74) is 3.45. The third-order valence-corrected chi connectivity index (χ3v) is 4.18. The first kappa shape index (κ1) is 20.7. The Hall–Kier alpha value is -3.99. The van der Waals surface area contributed by atoms with E-state index in [4.69, 9.17) is 4.74 Å². The first-order valence-electron chi connectivity index (χ1n) is 9.43. The van der Waals surface area contributed by atoms with Gasteiger partial charge in [-0.05, 0) is 18.6 Å². The summed E-state index contributed by atoms with van der Waals surface area (Å²) in [6.45, 7) is 2.51. The van der Waals surface area contributed by atoms with Crippen LogP contribution in [-0.2, 0) is 0 Å². The Balaban J connectivity index is 1.85. The second-order valence-corrected chi connectivity index (χ2v) is 6.37. The van der Waals surface area contributed by atoms with Crippen molar-refractivity contribution < 1.29 is 9.13 Å². The fourth-order valence-electron chi connectivity index (χ4n) is 2.66. The number of anilines is 1. The number of aromatic amines is 1. The molecule has 2 N–H and O–H groups in total. The zero-order valence-corrected chi connectivity index (χ0v) is 16.4. The van der Waals surface area contributed by atoms with Gasteiger partial charge in [-0.25, -0.2) is 14.8 Å². The van der Waals surface area contributed by atoms with Gasteiger partial charge in [0, 0.05) is 17.2 Å². The molecule has 8 heteroatoms. The molecule has 0 atom stereocenters. The smallest absolute Gasteiger partial charge is 0.270 e. The van der Waals surface area contributed by atoms with Crippen molar-refractivity contribution in [2.45, 2.75) is 19.8 Å². The summed E-state index contributed by atoms with van der Waals surface area (Å²) >= 11 is 0. The molecule has 0 radical (unpaired) electrons. The van der Waals surface area contributed by atoms with E-state index in [-0.39, 0.29) is 17.2 Å². The molecule has 3 rings (SSSR count). The number of rotatable bonds is 8. The molecule has 0 aliphatic carbocycles. The molecule has 0 amide bonds. The maximum atomic E-state index is 13.5. The number of ether oxygens (including phenoxy) is 1. The molecular weight excluding hydrogens is 385 g/mol. The molecular formula is C22H20FN5O2. The molecule has 2 aromatic carbocycles. The Morgan fingerprint density at radius 2 is 2.10 bits per heavy atom. The number of halogens is 1. The number of hydrogen-bond donors (Lipinski definition) is 2. The number of hydrogen-bond acceptors (Lipinski definition) is 6. The van der Waals surface area contributed by atoms with Gasteiger partial charge in [-0.2, -0.15) is 10.4 Å². The summed E-state index contributed by atoms with van der Waals surface area (Å²) in [6.07, 6.45) is 3.26. The lowest BCUT2D eigenvalue weighted by Crippen LogP contribution is -2.16. The highest BCUT2D eigenvalue weighted by molar-refractivity contribution is 5.84. The first-order valence-corrected chi connectivity index (χ1v) is 9.43. The predicted octanol–water partition coefficient (Wildman–Crippen LogP) is 4.07. The van der Waals surface area contributed by atoms with Crippen LogP contribution < -0.4 is 15.7 Å². The lowest BCUT2D eigenvalue weighted by atomic mass is 10.1. The number of unbranched alkanes of at least 4 members (excludes halogenated alkanes) is 1. The Bertz CT molecular complexity index is 1140. The third-order valence-electron chi connectivity index (χ3n) is 4.18. The second-order valence-electron chi connectivity index (χ2n) is 6.37. The molecule has 1 heterocycles. The van der Waals surface area contributed by atoms with Crippen molar-refractivity contribution in [2.75, 3.05) is 12.0 Å². The summed E-state index contributed by atoms with van der Waals surface area (Å²) in [5, 5.41) is 13.4. The van der Waals surface area contributed by atoms with Crippen LogP contribution >= 0.6 is 0 Å². The molecule has 3 aromatic rings. The fourth-order valence-corrected chi connectivity index (χ4v) is 2.66. The van der Waals surface area contributed by atoms with Gasteiger partial charge in [-0.1, -0.05) is 43.7 Å². The van der Waals surface area contributed by atoms with E-state index in [9.17, 15) is 14.4 Å². The average Bonchev–Trinajstić information content (AvgIpc) is 2.75. The maximum Gasteiger partial charge on any atom is 0.270 e. The highest BCUT2D eigenvalue weighted by Gasteiger charge is 2.13. The Morgan fingerprint density at radius 1 is 1.30 bits per heavy atom. The van der Waals surface area contributed by atoms with Gasteiger partial charge in [0.15, 0.2) is 0 Å². The number of aromatic nitrogens is 2. The Labute approximate surface area is 172 Å². The van der Waals surface area contributed by atoms with E-state index in [0.717, 1.165) is 12.8 Å². The minimum Gasteiger partial charge on any atom is -0.493 e. The molecule has 152 valence electrons. The minimum absolute atomic E-state index is 0.0738. The highest BCUT2D eigenvalue weighted by Crippen LogP contribution is 2.20. The molecule has 7 nitrogen and oxygen atoms in total. The van der Waals surface area contributed by atoms with Gasteiger partial charge in [-0.3, -0.25) is 9.78 Å². The van der Waals surface area contributed by atoms with Crippen molar-refractivity contribution in [3.05, 3.63) is 75.8 Å². The molecule has 0 fully saturated rings. The van der Waals surface area contributed by atoms with Gasteiger partial charge in [-0.15, -0.1) is 0 Å². The van der Waals surface area contributed by atoms with Crippen molar-refractivity contribution in [3.63, 3.8) is 0 Å². The van der Waals surface area contributed by atoms with Gasteiger partial charge in [0.1, 0.15) is 23.2 Å². The van der Waals surface area contributed by atoms with E-state index < -0.39 is 11.4 Å². The summed E-state index contributed by atoms with van der Waals surface area (Å²) in [6, 6.07) is 15.0. The Kier molecular flexibility index (Phi) is 6.90. The quantitative estimate of drug-likeness (QED) is 0.334. The van der Waals surface area contributed by atoms with Crippen LogP contribution in [0.3, 0.4) is 0 Å². The summed E-state index contributed by atoms with van der Waals surface area (Å²) in [7, 11) is 0. The lowest BCUT2D eigenvalue weighted by molar-refractivity contribution is 0.307. The van der Waals surface area contributed by atoms with E-state index in [1.54, 1.807) is 30.3 Å². The van der Waals surface area contributed by atoms with Crippen LogP contribution in [0.2, 0.25) is 0 Å². The molecule has 0 aliphatic heterocycles. The standard InChI is InChI=1S/C22H20FN5O2/c1-2-3-11-30-19-12-17(23)10-9-16(19)14-25-28-22-26-20(15-7-5-4-6-8-15)18(13-24)21(29)27-22/h4-10,12,14H,2-3,11H2,1H3,(H2,26,27,28,29). The average molecular weight is 405 g/mol. The van der Waals surface area contributed by atoms with Gasteiger partial charge in [0.2, 0.25) is 5.95 Å². The molecule has 0 unspecified atom stereocenters. The first-order chi connectivity index (χ1) is 14.6. The van der Waals surface area contributed by atoms with Crippen LogP contribution in [0.25, 0.3) is 11.3 Å². The van der Waals surface area contributed by atoms with E-state index in [2.05, 4.69) is 20.5 Å². The number of nitrogens with one attached hydrogen (secondary N) is 2.